The van der Waals surface area contributed by atoms with Gasteiger partial charge in [0.15, 0.2) is 0 Å². The maximum absolute atomic E-state index is 13.0. The standard InChI is InChI=1S/C19H22OS.C16H16OS/c1-12(2)15-10-16-9-14-7-5-6-8-18(14)21(20)19(16)17(11-15)13(3)4;1-11(2)13-7-5-9-16-14(13)10-12-6-3-4-8-15(12)18(16)17/h5-8,10-13H,9H2,1-4H3;3-9,11H,10H2,1-2H3. The molecule has 4 heteroatoms. The van der Waals surface area contributed by atoms with E-state index < -0.39 is 21.6 Å². The van der Waals surface area contributed by atoms with Crippen molar-refractivity contribution in [1.29, 1.82) is 0 Å². The lowest BCUT2D eigenvalue weighted by Crippen LogP contribution is -2.13. The summed E-state index contributed by atoms with van der Waals surface area (Å²) in [6, 6.07) is 26.9. The molecule has 0 fully saturated rings. The van der Waals surface area contributed by atoms with Gasteiger partial charge in [-0.1, -0.05) is 102 Å². The Kier molecular flexibility index (Phi) is 8.07. The lowest BCUT2D eigenvalue weighted by Gasteiger charge is -2.25. The fraction of sp³-hybridized carbons (Fsp3) is 0.314. The van der Waals surface area contributed by atoms with Crippen LogP contribution in [0, 0.1) is 0 Å². The number of fused-ring (bicyclic) bond motifs is 4. The van der Waals surface area contributed by atoms with Crippen molar-refractivity contribution in [3.05, 3.63) is 118 Å². The van der Waals surface area contributed by atoms with E-state index in [0.717, 1.165) is 32.4 Å². The molecule has 4 aromatic carbocycles. The minimum Gasteiger partial charge on any atom is -0.249 e. The fourth-order valence-electron chi connectivity index (χ4n) is 5.63. The molecule has 0 aliphatic carbocycles. The number of hydrogen-bond acceptors (Lipinski definition) is 2. The molecule has 2 atom stereocenters. The quantitative estimate of drug-likeness (QED) is 0.219. The van der Waals surface area contributed by atoms with Gasteiger partial charge in [-0.15, -0.1) is 0 Å². The van der Waals surface area contributed by atoms with Gasteiger partial charge in [0.05, 0.1) is 26.5 Å². The van der Waals surface area contributed by atoms with Crippen LogP contribution in [0.3, 0.4) is 0 Å². The Morgan fingerprint density at radius 3 is 1.72 bits per heavy atom. The highest BCUT2D eigenvalue weighted by atomic mass is 32.2. The molecule has 2 nitrogen and oxygen atoms in total. The molecule has 4 aromatic rings. The first-order valence-electron chi connectivity index (χ1n) is 13.9. The second-order valence-electron chi connectivity index (χ2n) is 11.5. The van der Waals surface area contributed by atoms with E-state index in [1.54, 1.807) is 0 Å². The van der Waals surface area contributed by atoms with E-state index in [-0.39, 0.29) is 0 Å². The second kappa shape index (κ2) is 11.3. The topological polar surface area (TPSA) is 34.1 Å². The molecule has 0 aromatic heterocycles. The molecule has 0 spiro atoms. The van der Waals surface area contributed by atoms with Gasteiger partial charge in [0.2, 0.25) is 0 Å². The largest absolute Gasteiger partial charge is 0.249 e. The van der Waals surface area contributed by atoms with Crippen molar-refractivity contribution in [2.24, 2.45) is 0 Å². The second-order valence-corrected chi connectivity index (χ2v) is 14.3. The Hall–Kier alpha value is -2.82. The van der Waals surface area contributed by atoms with E-state index >= 15 is 0 Å². The molecule has 0 saturated heterocycles. The number of hydrogen-bond donors (Lipinski definition) is 0. The molecule has 2 unspecified atom stereocenters. The van der Waals surface area contributed by atoms with Crippen molar-refractivity contribution in [1.82, 2.24) is 0 Å². The molecule has 0 bridgehead atoms. The molecule has 2 heterocycles. The summed E-state index contributed by atoms with van der Waals surface area (Å²) in [6.07, 6.45) is 1.81. The van der Waals surface area contributed by atoms with E-state index in [1.165, 1.54) is 38.9 Å². The minimum absolute atomic E-state index is 0.395. The molecule has 0 radical (unpaired) electrons. The van der Waals surface area contributed by atoms with Gasteiger partial charge in [-0.3, -0.25) is 0 Å². The Balaban J connectivity index is 0.000000160. The average molecular weight is 555 g/mol. The van der Waals surface area contributed by atoms with Crippen LogP contribution in [-0.2, 0) is 34.4 Å². The molecule has 39 heavy (non-hydrogen) atoms. The lowest BCUT2D eigenvalue weighted by molar-refractivity contribution is 0.675. The summed E-state index contributed by atoms with van der Waals surface area (Å²) in [5.41, 5.74) is 8.87. The Morgan fingerprint density at radius 2 is 1.10 bits per heavy atom. The molecular weight excluding hydrogens is 517 g/mol. The molecule has 0 amide bonds. The minimum atomic E-state index is -1.04. The van der Waals surface area contributed by atoms with E-state index in [4.69, 9.17) is 0 Å². The van der Waals surface area contributed by atoms with Gasteiger partial charge in [0.1, 0.15) is 0 Å². The summed E-state index contributed by atoms with van der Waals surface area (Å²) in [7, 11) is -2.06. The van der Waals surface area contributed by atoms with Crippen LogP contribution in [0.15, 0.2) is 98.4 Å². The zero-order chi connectivity index (χ0) is 27.8. The van der Waals surface area contributed by atoms with Crippen LogP contribution in [0.5, 0.6) is 0 Å². The third-order valence-corrected chi connectivity index (χ3v) is 11.0. The highest BCUT2D eigenvalue weighted by Crippen LogP contribution is 2.39. The van der Waals surface area contributed by atoms with Crippen LogP contribution < -0.4 is 0 Å². The molecule has 0 N–H and O–H groups in total. The van der Waals surface area contributed by atoms with Gasteiger partial charge in [-0.05, 0) is 81.3 Å². The zero-order valence-corrected chi connectivity index (χ0v) is 25.4. The Labute approximate surface area is 238 Å². The SMILES string of the molecule is CC(C)c1cc2c(c(C(C)C)c1)S(=O)c1ccccc1C2.CC(C)c1cccc2c1Cc1ccccc1S2=O. The van der Waals surface area contributed by atoms with Crippen LogP contribution in [0.4, 0.5) is 0 Å². The normalized spacial score (nSPS) is 17.2. The summed E-state index contributed by atoms with van der Waals surface area (Å²) < 4.78 is 25.6. The van der Waals surface area contributed by atoms with Gasteiger partial charge in [-0.25, -0.2) is 8.42 Å². The van der Waals surface area contributed by atoms with Crippen molar-refractivity contribution in [3.63, 3.8) is 0 Å². The number of rotatable bonds is 3. The van der Waals surface area contributed by atoms with E-state index in [1.807, 2.05) is 48.5 Å². The van der Waals surface area contributed by atoms with E-state index in [2.05, 4.69) is 71.9 Å². The van der Waals surface area contributed by atoms with Gasteiger partial charge >= 0.3 is 0 Å². The Bertz CT molecular complexity index is 1580. The average Bonchev–Trinajstić information content (AvgIpc) is 2.92. The predicted molar refractivity (Wildman–Crippen MR) is 163 cm³/mol. The first-order chi connectivity index (χ1) is 18.7. The van der Waals surface area contributed by atoms with Crippen molar-refractivity contribution in [2.45, 2.75) is 91.7 Å². The molecule has 202 valence electrons. The maximum atomic E-state index is 13.0. The molecular formula is C35H38O2S2. The lowest BCUT2D eigenvalue weighted by atomic mass is 9.90. The van der Waals surface area contributed by atoms with E-state index in [9.17, 15) is 8.42 Å². The summed E-state index contributed by atoms with van der Waals surface area (Å²) >= 11 is 0. The van der Waals surface area contributed by atoms with Crippen LogP contribution in [0.25, 0.3) is 0 Å². The molecule has 6 rings (SSSR count). The van der Waals surface area contributed by atoms with Crippen molar-refractivity contribution >= 4 is 21.6 Å². The maximum Gasteiger partial charge on any atom is 0.0858 e. The highest BCUT2D eigenvalue weighted by Gasteiger charge is 2.27. The zero-order valence-electron chi connectivity index (χ0n) is 23.8. The summed E-state index contributed by atoms with van der Waals surface area (Å²) in [5.74, 6) is 1.37. The van der Waals surface area contributed by atoms with Crippen molar-refractivity contribution in [2.75, 3.05) is 0 Å². The Morgan fingerprint density at radius 1 is 0.538 bits per heavy atom. The summed E-state index contributed by atoms with van der Waals surface area (Å²) in [6.45, 7) is 13.2. The van der Waals surface area contributed by atoms with Crippen LogP contribution >= 0.6 is 0 Å². The summed E-state index contributed by atoms with van der Waals surface area (Å²) in [5, 5.41) is 0. The molecule has 0 saturated carbocycles. The van der Waals surface area contributed by atoms with Gasteiger partial charge in [0.25, 0.3) is 0 Å². The van der Waals surface area contributed by atoms with Crippen LogP contribution in [0.2, 0.25) is 0 Å². The number of benzene rings is 4. The highest BCUT2D eigenvalue weighted by molar-refractivity contribution is 7.85. The predicted octanol–water partition coefficient (Wildman–Crippen LogP) is 8.89. The smallest absolute Gasteiger partial charge is 0.0858 e. The molecule has 2 aliphatic rings. The van der Waals surface area contributed by atoms with E-state index in [0.29, 0.717) is 17.8 Å². The summed E-state index contributed by atoms with van der Waals surface area (Å²) in [4.78, 5) is 4.03. The van der Waals surface area contributed by atoms with Gasteiger partial charge in [0, 0.05) is 21.1 Å². The van der Waals surface area contributed by atoms with Crippen molar-refractivity contribution < 1.29 is 8.42 Å². The first kappa shape index (κ1) is 27.7. The first-order valence-corrected chi connectivity index (χ1v) is 16.2. The monoisotopic (exact) mass is 554 g/mol. The van der Waals surface area contributed by atoms with Gasteiger partial charge in [-0.2, -0.15) is 0 Å². The molecule has 2 aliphatic heterocycles. The fourth-order valence-corrected chi connectivity index (χ4v) is 8.74. The van der Waals surface area contributed by atoms with Crippen LogP contribution in [-0.4, -0.2) is 8.42 Å². The van der Waals surface area contributed by atoms with Gasteiger partial charge < -0.3 is 0 Å². The third kappa shape index (κ3) is 5.34. The third-order valence-electron chi connectivity index (χ3n) is 7.77. The van der Waals surface area contributed by atoms with Crippen LogP contribution in [0.1, 0.15) is 98.2 Å². The van der Waals surface area contributed by atoms with Crippen molar-refractivity contribution in [3.8, 4) is 0 Å².